The maximum atomic E-state index is 11.5. The minimum absolute atomic E-state index is 0.140. The van der Waals surface area contributed by atoms with Gasteiger partial charge in [0.15, 0.2) is 0 Å². The maximum Gasteiger partial charge on any atom is 0.220 e. The highest BCUT2D eigenvalue weighted by molar-refractivity contribution is 5.75. The average molecular weight is 241 g/mol. The van der Waals surface area contributed by atoms with Crippen molar-refractivity contribution >= 4 is 5.91 Å². The van der Waals surface area contributed by atoms with E-state index in [2.05, 4.69) is 5.32 Å². The molecule has 0 aromatic rings. The Labute approximate surface area is 105 Å². The van der Waals surface area contributed by atoms with Gasteiger partial charge in [0.25, 0.3) is 0 Å². The lowest BCUT2D eigenvalue weighted by molar-refractivity contribution is -0.121. The zero-order valence-electron chi connectivity index (χ0n) is 11.1. The van der Waals surface area contributed by atoms with Crippen molar-refractivity contribution in [3.63, 3.8) is 0 Å². The number of nitrogens with one attached hydrogen (secondary N) is 1. The highest BCUT2D eigenvalue weighted by atomic mass is 16.3. The largest absolute Gasteiger partial charge is 0.396 e. The van der Waals surface area contributed by atoms with E-state index in [1.807, 2.05) is 6.92 Å². The van der Waals surface area contributed by atoms with E-state index in [9.17, 15) is 4.79 Å². The molecule has 3 heteroatoms. The lowest BCUT2D eigenvalue weighted by Crippen LogP contribution is -2.29. The summed E-state index contributed by atoms with van der Waals surface area (Å²) in [4.78, 5) is 11.5. The monoisotopic (exact) mass is 241 g/mol. The van der Waals surface area contributed by atoms with Crippen molar-refractivity contribution in [1.29, 1.82) is 0 Å². The molecule has 0 aromatic heterocycles. The van der Waals surface area contributed by atoms with Crippen LogP contribution in [0, 0.1) is 11.8 Å². The van der Waals surface area contributed by atoms with E-state index in [1.54, 1.807) is 0 Å². The van der Waals surface area contributed by atoms with Crippen molar-refractivity contribution in [3.05, 3.63) is 0 Å². The van der Waals surface area contributed by atoms with Crippen LogP contribution in [-0.2, 0) is 4.79 Å². The first-order valence-corrected chi connectivity index (χ1v) is 7.10. The number of hydrogen-bond acceptors (Lipinski definition) is 2. The van der Waals surface area contributed by atoms with E-state index in [4.69, 9.17) is 5.11 Å². The van der Waals surface area contributed by atoms with Crippen molar-refractivity contribution in [2.75, 3.05) is 13.2 Å². The van der Waals surface area contributed by atoms with Gasteiger partial charge in [-0.05, 0) is 24.7 Å². The minimum Gasteiger partial charge on any atom is -0.396 e. The molecule has 0 aromatic carbocycles. The van der Waals surface area contributed by atoms with E-state index < -0.39 is 0 Å². The molecule has 1 aliphatic rings. The van der Waals surface area contributed by atoms with E-state index in [0.717, 1.165) is 12.3 Å². The fourth-order valence-electron chi connectivity index (χ4n) is 2.47. The van der Waals surface area contributed by atoms with Crippen LogP contribution in [0.15, 0.2) is 0 Å². The topological polar surface area (TPSA) is 49.3 Å². The van der Waals surface area contributed by atoms with Crippen LogP contribution in [0.25, 0.3) is 0 Å². The summed E-state index contributed by atoms with van der Waals surface area (Å²) < 4.78 is 0. The van der Waals surface area contributed by atoms with Crippen LogP contribution in [0.3, 0.4) is 0 Å². The van der Waals surface area contributed by atoms with Gasteiger partial charge >= 0.3 is 0 Å². The Morgan fingerprint density at radius 1 is 1.35 bits per heavy atom. The number of carbonyl (C=O) groups excluding carboxylic acids is 1. The van der Waals surface area contributed by atoms with Crippen LogP contribution in [0.1, 0.15) is 58.3 Å². The van der Waals surface area contributed by atoms with Crippen LogP contribution in [0.4, 0.5) is 0 Å². The Balaban J connectivity index is 1.99. The Morgan fingerprint density at radius 2 is 2.06 bits per heavy atom. The second-order valence-corrected chi connectivity index (χ2v) is 5.49. The predicted molar refractivity (Wildman–Crippen MR) is 69.7 cm³/mol. The molecule has 1 amide bonds. The Bertz CT molecular complexity index is 212. The molecule has 1 unspecified atom stereocenters. The van der Waals surface area contributed by atoms with Crippen LogP contribution in [-0.4, -0.2) is 24.2 Å². The molecule has 0 spiro atoms. The highest BCUT2D eigenvalue weighted by Crippen LogP contribution is 2.27. The Hall–Kier alpha value is -0.570. The zero-order chi connectivity index (χ0) is 12.5. The fourth-order valence-corrected chi connectivity index (χ4v) is 2.47. The van der Waals surface area contributed by atoms with E-state index >= 15 is 0 Å². The molecule has 0 bridgehead atoms. The molecule has 0 heterocycles. The molecule has 0 radical (unpaired) electrons. The standard InChI is InChI=1S/C14H27NO2/c1-12(11-16)10-15-14(17)9-5-8-13-6-3-2-4-7-13/h12-13,16H,2-11H2,1H3,(H,15,17). The van der Waals surface area contributed by atoms with Crippen molar-refractivity contribution < 1.29 is 9.90 Å². The quantitative estimate of drug-likeness (QED) is 0.719. The summed E-state index contributed by atoms with van der Waals surface area (Å²) in [6.45, 7) is 2.67. The van der Waals surface area contributed by atoms with E-state index in [-0.39, 0.29) is 18.4 Å². The van der Waals surface area contributed by atoms with Crippen LogP contribution >= 0.6 is 0 Å². The molecule has 1 rings (SSSR count). The van der Waals surface area contributed by atoms with Gasteiger partial charge in [-0.25, -0.2) is 0 Å². The van der Waals surface area contributed by atoms with Gasteiger partial charge in [-0.15, -0.1) is 0 Å². The second kappa shape index (κ2) is 8.51. The lowest BCUT2D eigenvalue weighted by atomic mass is 9.86. The SMILES string of the molecule is CC(CO)CNC(=O)CCCC1CCCCC1. The first-order valence-electron chi connectivity index (χ1n) is 7.10. The van der Waals surface area contributed by atoms with Gasteiger partial charge in [0, 0.05) is 19.6 Å². The number of amides is 1. The molecule has 3 nitrogen and oxygen atoms in total. The molecule has 2 N–H and O–H groups in total. The predicted octanol–water partition coefficient (Wildman–Crippen LogP) is 2.48. The molecular weight excluding hydrogens is 214 g/mol. The summed E-state index contributed by atoms with van der Waals surface area (Å²) in [5.74, 6) is 1.17. The number of rotatable bonds is 7. The van der Waals surface area contributed by atoms with Crippen LogP contribution in [0.2, 0.25) is 0 Å². The highest BCUT2D eigenvalue weighted by Gasteiger charge is 2.13. The molecule has 1 aliphatic carbocycles. The Morgan fingerprint density at radius 3 is 2.71 bits per heavy atom. The summed E-state index contributed by atoms with van der Waals surface area (Å²) in [5.41, 5.74) is 0. The van der Waals surface area contributed by atoms with Crippen molar-refractivity contribution in [1.82, 2.24) is 5.32 Å². The van der Waals surface area contributed by atoms with Gasteiger partial charge in [-0.3, -0.25) is 4.79 Å². The normalized spacial score (nSPS) is 18.9. The summed E-state index contributed by atoms with van der Waals surface area (Å²) >= 11 is 0. The first-order chi connectivity index (χ1) is 8.22. The molecule has 100 valence electrons. The van der Waals surface area contributed by atoms with E-state index in [0.29, 0.717) is 13.0 Å². The minimum atomic E-state index is 0.140. The van der Waals surface area contributed by atoms with Crippen molar-refractivity contribution in [2.45, 2.75) is 58.3 Å². The van der Waals surface area contributed by atoms with E-state index in [1.165, 1.54) is 38.5 Å². The smallest absolute Gasteiger partial charge is 0.220 e. The zero-order valence-corrected chi connectivity index (χ0v) is 11.1. The fraction of sp³-hybridized carbons (Fsp3) is 0.929. The number of hydrogen-bond donors (Lipinski definition) is 2. The summed E-state index contributed by atoms with van der Waals surface area (Å²) in [5, 5.41) is 11.7. The Kier molecular flexibility index (Phi) is 7.25. The number of aliphatic hydroxyl groups excluding tert-OH is 1. The van der Waals surface area contributed by atoms with Gasteiger partial charge in [0.1, 0.15) is 0 Å². The maximum absolute atomic E-state index is 11.5. The molecular formula is C14H27NO2. The number of aliphatic hydroxyl groups is 1. The second-order valence-electron chi connectivity index (χ2n) is 5.49. The summed E-state index contributed by atoms with van der Waals surface area (Å²) in [7, 11) is 0. The first kappa shape index (κ1) is 14.5. The molecule has 0 saturated heterocycles. The third-order valence-electron chi connectivity index (χ3n) is 3.70. The summed E-state index contributed by atoms with van der Waals surface area (Å²) in [6.07, 6.45) is 9.76. The van der Waals surface area contributed by atoms with Crippen LogP contribution in [0.5, 0.6) is 0 Å². The van der Waals surface area contributed by atoms with Gasteiger partial charge in [-0.1, -0.05) is 39.0 Å². The number of carbonyl (C=O) groups is 1. The molecule has 0 aliphatic heterocycles. The van der Waals surface area contributed by atoms with Gasteiger partial charge in [-0.2, -0.15) is 0 Å². The van der Waals surface area contributed by atoms with Crippen LogP contribution < -0.4 is 5.32 Å². The van der Waals surface area contributed by atoms with Gasteiger partial charge < -0.3 is 10.4 Å². The molecule has 1 fully saturated rings. The third-order valence-corrected chi connectivity index (χ3v) is 3.70. The summed E-state index contributed by atoms with van der Waals surface area (Å²) in [6, 6.07) is 0. The third kappa shape index (κ3) is 6.67. The lowest BCUT2D eigenvalue weighted by Gasteiger charge is -2.21. The van der Waals surface area contributed by atoms with Crippen molar-refractivity contribution in [2.24, 2.45) is 11.8 Å². The molecule has 1 saturated carbocycles. The van der Waals surface area contributed by atoms with Gasteiger partial charge in [0.2, 0.25) is 5.91 Å². The molecule has 1 atom stereocenters. The molecule has 17 heavy (non-hydrogen) atoms. The van der Waals surface area contributed by atoms with Gasteiger partial charge in [0.05, 0.1) is 0 Å². The average Bonchev–Trinajstić information content (AvgIpc) is 2.37. The van der Waals surface area contributed by atoms with Crippen molar-refractivity contribution in [3.8, 4) is 0 Å².